The lowest BCUT2D eigenvalue weighted by Gasteiger charge is -2.30. The Morgan fingerprint density at radius 3 is 2.84 bits per heavy atom. The molecular weight excluding hydrogens is 442 g/mol. The zero-order chi connectivity index (χ0) is 23.5. The van der Waals surface area contributed by atoms with Gasteiger partial charge in [0.25, 0.3) is 0 Å². The number of ether oxygens (including phenoxy) is 2. The molecule has 0 saturated heterocycles. The molecule has 0 spiro atoms. The Bertz CT molecular complexity index is 848. The van der Waals surface area contributed by atoms with Gasteiger partial charge in [-0.1, -0.05) is 18.0 Å². The minimum absolute atomic E-state index is 0.00545. The minimum atomic E-state index is -2.96. The highest BCUT2D eigenvalue weighted by molar-refractivity contribution is 6.30. The summed E-state index contributed by atoms with van der Waals surface area (Å²) in [5.74, 6) is 0.684. The number of halogens is 3. The van der Waals surface area contributed by atoms with Crippen LogP contribution >= 0.6 is 11.6 Å². The molecule has 2 N–H and O–H groups in total. The van der Waals surface area contributed by atoms with Crippen LogP contribution in [0.2, 0.25) is 5.02 Å². The lowest BCUT2D eigenvalue weighted by Crippen LogP contribution is -2.32. The van der Waals surface area contributed by atoms with Crippen molar-refractivity contribution in [3.63, 3.8) is 0 Å². The Kier molecular flexibility index (Phi) is 10.4. The van der Waals surface area contributed by atoms with Crippen LogP contribution in [0.1, 0.15) is 38.2 Å². The molecule has 0 radical (unpaired) electrons. The molecule has 0 unspecified atom stereocenters. The summed E-state index contributed by atoms with van der Waals surface area (Å²) in [6.45, 7) is 2.88. The summed E-state index contributed by atoms with van der Waals surface area (Å²) < 4.78 is 35.8. The van der Waals surface area contributed by atoms with Crippen LogP contribution in [-0.4, -0.2) is 39.1 Å². The number of hydrogen-bond donors (Lipinski definition) is 2. The molecule has 0 bridgehead atoms. The van der Waals surface area contributed by atoms with Gasteiger partial charge in [-0.15, -0.1) is 5.10 Å². The van der Waals surface area contributed by atoms with Crippen molar-refractivity contribution in [3.05, 3.63) is 40.2 Å². The van der Waals surface area contributed by atoms with E-state index in [2.05, 4.69) is 32.3 Å². The van der Waals surface area contributed by atoms with Gasteiger partial charge in [0, 0.05) is 42.5 Å². The number of carbonyl (C=O) groups excluding carboxylic acids is 1. The molecule has 0 heterocycles. The van der Waals surface area contributed by atoms with Crippen molar-refractivity contribution in [1.82, 2.24) is 10.6 Å². The lowest BCUT2D eigenvalue weighted by molar-refractivity contribution is -0.105. The zero-order valence-electron chi connectivity index (χ0n) is 18.2. The maximum Gasteiger partial charge on any atom is 0.387 e. The molecule has 1 aliphatic carbocycles. The zero-order valence-corrected chi connectivity index (χ0v) is 19.0. The number of carbonyl (C=O) groups is 1. The van der Waals surface area contributed by atoms with E-state index in [1.54, 1.807) is 7.05 Å². The summed E-state index contributed by atoms with van der Waals surface area (Å²) in [6, 6.07) is 4.37. The van der Waals surface area contributed by atoms with Crippen molar-refractivity contribution in [2.24, 2.45) is 22.0 Å². The van der Waals surface area contributed by atoms with Crippen LogP contribution in [-0.2, 0) is 16.1 Å². The maximum atomic E-state index is 12.7. The second-order valence-electron chi connectivity index (χ2n) is 7.52. The van der Waals surface area contributed by atoms with Gasteiger partial charge in [-0.3, -0.25) is 4.79 Å². The maximum absolute atomic E-state index is 12.7. The molecule has 2 rings (SSSR count). The van der Waals surface area contributed by atoms with Crippen LogP contribution < -0.4 is 15.4 Å². The lowest BCUT2D eigenvalue weighted by atomic mass is 9.81. The number of nitrogens with one attached hydrogen (secondary N) is 2. The normalized spacial score (nSPS) is 19.8. The number of rotatable bonds is 11. The SMILES string of the molecule is C=N/N=C(\OCc1cc(Cl)ccc1OC(F)F)[C@H]1CCC[C@@H](CN/C(C=O)=C(\C)NC)C1. The van der Waals surface area contributed by atoms with E-state index in [-0.39, 0.29) is 18.3 Å². The minimum Gasteiger partial charge on any atom is -0.474 e. The summed E-state index contributed by atoms with van der Waals surface area (Å²) in [6.07, 6.45) is 4.39. The first-order valence-corrected chi connectivity index (χ1v) is 10.7. The second kappa shape index (κ2) is 13.0. The predicted molar refractivity (Wildman–Crippen MR) is 121 cm³/mol. The Morgan fingerprint density at radius 2 is 2.19 bits per heavy atom. The first kappa shape index (κ1) is 25.6. The number of hydrogen-bond acceptors (Lipinski definition) is 7. The standard InChI is InChI=1S/C22H29ClF2N4O3/c1-14(26-2)19(12-30)28-11-15-5-4-6-16(9-15)21(29-27-3)31-13-17-10-18(23)7-8-20(17)32-22(24)25/h7-8,10,12,15-16,22,26,28H,3-6,9,11,13H2,1-2H3/b19-14+,29-21-/t15-,16+/m1/s1. The summed E-state index contributed by atoms with van der Waals surface area (Å²) in [4.78, 5) is 11.3. The van der Waals surface area contributed by atoms with Crippen LogP contribution in [0.4, 0.5) is 8.78 Å². The van der Waals surface area contributed by atoms with Crippen LogP contribution in [0.3, 0.4) is 0 Å². The van der Waals surface area contributed by atoms with E-state index in [9.17, 15) is 13.6 Å². The molecule has 1 fully saturated rings. The number of aldehydes is 1. The van der Waals surface area contributed by atoms with Gasteiger partial charge in [-0.25, -0.2) is 0 Å². The molecule has 1 saturated carbocycles. The van der Waals surface area contributed by atoms with E-state index in [0.717, 1.165) is 37.7 Å². The van der Waals surface area contributed by atoms with E-state index >= 15 is 0 Å². The van der Waals surface area contributed by atoms with E-state index in [1.807, 2.05) is 6.92 Å². The molecule has 0 amide bonds. The number of nitrogens with zero attached hydrogens (tertiary/aromatic N) is 2. The topological polar surface area (TPSA) is 84.3 Å². The highest BCUT2D eigenvalue weighted by atomic mass is 35.5. The van der Waals surface area contributed by atoms with Gasteiger partial charge >= 0.3 is 6.61 Å². The molecule has 10 heteroatoms. The highest BCUT2D eigenvalue weighted by Crippen LogP contribution is 2.32. The molecule has 1 aliphatic rings. The van der Waals surface area contributed by atoms with Crippen molar-refractivity contribution >= 4 is 30.5 Å². The Hall–Kier alpha value is -2.68. The van der Waals surface area contributed by atoms with E-state index in [0.29, 0.717) is 34.6 Å². The Morgan fingerprint density at radius 1 is 1.41 bits per heavy atom. The molecule has 7 nitrogen and oxygen atoms in total. The third kappa shape index (κ3) is 7.78. The van der Waals surface area contributed by atoms with Crippen LogP contribution in [0.5, 0.6) is 5.75 Å². The third-order valence-corrected chi connectivity index (χ3v) is 5.63. The molecule has 1 aromatic carbocycles. The van der Waals surface area contributed by atoms with Crippen molar-refractivity contribution in [2.75, 3.05) is 13.6 Å². The first-order chi connectivity index (χ1) is 15.4. The monoisotopic (exact) mass is 470 g/mol. The molecule has 2 atom stereocenters. The van der Waals surface area contributed by atoms with Gasteiger partial charge in [0.05, 0.1) is 5.70 Å². The van der Waals surface area contributed by atoms with Crippen molar-refractivity contribution in [2.45, 2.75) is 45.8 Å². The Balaban J connectivity index is 2.05. The number of allylic oxidation sites excluding steroid dienone is 2. The molecule has 0 aromatic heterocycles. The van der Waals surface area contributed by atoms with Gasteiger partial charge in [0.1, 0.15) is 12.4 Å². The van der Waals surface area contributed by atoms with Crippen LogP contribution in [0, 0.1) is 11.8 Å². The number of alkyl halides is 2. The van der Waals surface area contributed by atoms with Crippen molar-refractivity contribution in [1.29, 1.82) is 0 Å². The van der Waals surface area contributed by atoms with Gasteiger partial charge in [0.2, 0.25) is 5.90 Å². The van der Waals surface area contributed by atoms with Gasteiger partial charge in [-0.05, 0) is 50.3 Å². The van der Waals surface area contributed by atoms with Crippen molar-refractivity contribution < 1.29 is 23.0 Å². The molecule has 1 aromatic rings. The fourth-order valence-corrected chi connectivity index (χ4v) is 3.87. The predicted octanol–water partition coefficient (Wildman–Crippen LogP) is 4.52. The summed E-state index contributed by atoms with van der Waals surface area (Å²) >= 11 is 6.01. The average Bonchev–Trinajstić information content (AvgIpc) is 2.78. The summed E-state index contributed by atoms with van der Waals surface area (Å²) in [7, 11) is 1.76. The smallest absolute Gasteiger partial charge is 0.387 e. The summed E-state index contributed by atoms with van der Waals surface area (Å²) in [5.41, 5.74) is 1.68. The quantitative estimate of drug-likeness (QED) is 0.163. The molecule has 0 aliphatic heterocycles. The average molecular weight is 471 g/mol. The van der Waals surface area contributed by atoms with E-state index in [1.165, 1.54) is 18.2 Å². The second-order valence-corrected chi connectivity index (χ2v) is 7.95. The molecule has 32 heavy (non-hydrogen) atoms. The first-order valence-electron chi connectivity index (χ1n) is 10.3. The van der Waals surface area contributed by atoms with Gasteiger partial charge < -0.3 is 20.1 Å². The fourth-order valence-electron chi connectivity index (χ4n) is 3.67. The van der Waals surface area contributed by atoms with Gasteiger partial charge in [-0.2, -0.15) is 13.9 Å². The Labute approximate surface area is 191 Å². The summed E-state index contributed by atoms with van der Waals surface area (Å²) in [5, 5.41) is 14.2. The van der Waals surface area contributed by atoms with Crippen LogP contribution in [0.25, 0.3) is 0 Å². The van der Waals surface area contributed by atoms with E-state index in [4.69, 9.17) is 16.3 Å². The van der Waals surface area contributed by atoms with Crippen LogP contribution in [0.15, 0.2) is 39.8 Å². The highest BCUT2D eigenvalue weighted by Gasteiger charge is 2.28. The van der Waals surface area contributed by atoms with E-state index < -0.39 is 6.61 Å². The molecule has 176 valence electrons. The fraction of sp³-hybridized carbons (Fsp3) is 0.500. The van der Waals surface area contributed by atoms with Crippen molar-refractivity contribution in [3.8, 4) is 5.75 Å². The van der Waals surface area contributed by atoms with Gasteiger partial charge in [0.15, 0.2) is 6.29 Å². The third-order valence-electron chi connectivity index (χ3n) is 5.39. The largest absolute Gasteiger partial charge is 0.474 e. The molecular formula is C22H29ClF2N4O3. The number of benzene rings is 1.